The lowest BCUT2D eigenvalue weighted by molar-refractivity contribution is 1.65. The molecular formula is C14H10Si2. The molecule has 16 heavy (non-hydrogen) atoms. The Bertz CT molecular complexity index is 590. The SMILES string of the molecule is [SiH3]C#Cc1[c]cc(C#C[SiH3])c2c[c]ccc12. The van der Waals surface area contributed by atoms with Crippen LogP contribution in [-0.4, -0.2) is 20.5 Å². The Balaban J connectivity index is 2.83. The van der Waals surface area contributed by atoms with Gasteiger partial charge in [-0.05, 0) is 29.0 Å². The second-order valence-corrected chi connectivity index (χ2v) is 4.30. The highest BCUT2D eigenvalue weighted by Crippen LogP contribution is 2.21. The van der Waals surface area contributed by atoms with E-state index >= 15 is 0 Å². The average Bonchev–Trinajstić information content (AvgIpc) is 2.33. The zero-order valence-corrected chi connectivity index (χ0v) is 13.3. The summed E-state index contributed by atoms with van der Waals surface area (Å²) < 4.78 is 0. The Labute approximate surface area is 102 Å². The minimum atomic E-state index is 0.888. The summed E-state index contributed by atoms with van der Waals surface area (Å²) in [4.78, 5) is 0. The van der Waals surface area contributed by atoms with Crippen molar-refractivity contribution in [2.45, 2.75) is 0 Å². The molecule has 0 heterocycles. The van der Waals surface area contributed by atoms with Gasteiger partial charge in [0.05, 0.1) is 20.5 Å². The second kappa shape index (κ2) is 4.85. The third-order valence-corrected chi connectivity index (χ3v) is 2.79. The number of hydrogen-bond acceptors (Lipinski definition) is 0. The van der Waals surface area contributed by atoms with Crippen LogP contribution in [0.25, 0.3) is 10.8 Å². The smallest absolute Gasteiger partial charge is 0.0911 e. The molecule has 0 saturated heterocycles. The first kappa shape index (κ1) is 10.8. The van der Waals surface area contributed by atoms with Crippen molar-refractivity contribution in [3.8, 4) is 22.9 Å². The van der Waals surface area contributed by atoms with Crippen LogP contribution in [0.2, 0.25) is 0 Å². The van der Waals surface area contributed by atoms with Gasteiger partial charge >= 0.3 is 0 Å². The van der Waals surface area contributed by atoms with Crippen LogP contribution in [-0.2, 0) is 0 Å². The van der Waals surface area contributed by atoms with E-state index in [0.29, 0.717) is 0 Å². The summed E-state index contributed by atoms with van der Waals surface area (Å²) in [6.45, 7) is 0. The van der Waals surface area contributed by atoms with Crippen molar-refractivity contribution in [2.24, 2.45) is 0 Å². The molecule has 0 N–H and O–H groups in total. The lowest BCUT2D eigenvalue weighted by Gasteiger charge is -2.02. The molecule has 0 fully saturated rings. The topological polar surface area (TPSA) is 0 Å². The van der Waals surface area contributed by atoms with E-state index in [1.807, 2.05) is 24.3 Å². The molecule has 2 rings (SSSR count). The molecule has 74 valence electrons. The van der Waals surface area contributed by atoms with Gasteiger partial charge in [0, 0.05) is 17.2 Å². The van der Waals surface area contributed by atoms with Gasteiger partial charge in [0.2, 0.25) is 0 Å². The zero-order valence-electron chi connectivity index (χ0n) is 9.31. The van der Waals surface area contributed by atoms with Crippen molar-refractivity contribution >= 4 is 31.3 Å². The number of rotatable bonds is 0. The van der Waals surface area contributed by atoms with Gasteiger partial charge in [0.1, 0.15) is 0 Å². The molecule has 0 saturated carbocycles. The highest BCUT2D eigenvalue weighted by atomic mass is 28.1. The summed E-state index contributed by atoms with van der Waals surface area (Å²) in [5.41, 5.74) is 8.10. The first-order valence-electron chi connectivity index (χ1n) is 5.07. The van der Waals surface area contributed by atoms with Crippen LogP contribution in [0.5, 0.6) is 0 Å². The molecule has 0 nitrogen and oxygen atoms in total. The van der Waals surface area contributed by atoms with E-state index in [0.717, 1.165) is 42.4 Å². The van der Waals surface area contributed by atoms with E-state index in [-0.39, 0.29) is 0 Å². The maximum absolute atomic E-state index is 3.21. The van der Waals surface area contributed by atoms with E-state index < -0.39 is 0 Å². The molecule has 2 aromatic carbocycles. The monoisotopic (exact) mass is 234 g/mol. The van der Waals surface area contributed by atoms with E-state index in [1.165, 1.54) is 0 Å². The molecule has 0 spiro atoms. The Morgan fingerprint density at radius 3 is 2.56 bits per heavy atom. The normalized spacial score (nSPS) is 9.25. The van der Waals surface area contributed by atoms with Crippen molar-refractivity contribution in [3.63, 3.8) is 0 Å². The van der Waals surface area contributed by atoms with Crippen molar-refractivity contribution in [2.75, 3.05) is 0 Å². The minimum Gasteiger partial charge on any atom is -0.138 e. The third kappa shape index (κ3) is 1.94. The highest BCUT2D eigenvalue weighted by molar-refractivity contribution is 6.23. The predicted octanol–water partition coefficient (Wildman–Crippen LogP) is -0.211. The van der Waals surface area contributed by atoms with Gasteiger partial charge in [0.25, 0.3) is 0 Å². The number of fused-ring (bicyclic) bond motifs is 1. The molecular weight excluding hydrogens is 224 g/mol. The van der Waals surface area contributed by atoms with Crippen LogP contribution in [0, 0.1) is 35.1 Å². The molecule has 0 bridgehead atoms. The van der Waals surface area contributed by atoms with Crippen molar-refractivity contribution in [1.82, 2.24) is 0 Å². The maximum Gasteiger partial charge on any atom is 0.0911 e. The van der Waals surface area contributed by atoms with Crippen LogP contribution in [0.15, 0.2) is 24.3 Å². The molecule has 0 unspecified atom stereocenters. The van der Waals surface area contributed by atoms with Gasteiger partial charge < -0.3 is 0 Å². The summed E-state index contributed by atoms with van der Waals surface area (Å²) in [6, 6.07) is 14.2. The Kier molecular flexibility index (Phi) is 3.26. The molecule has 0 aliphatic heterocycles. The molecule has 0 aliphatic rings. The van der Waals surface area contributed by atoms with Crippen molar-refractivity contribution in [1.29, 1.82) is 0 Å². The molecule has 0 atom stereocenters. The number of benzene rings is 2. The van der Waals surface area contributed by atoms with Gasteiger partial charge in [-0.3, -0.25) is 0 Å². The van der Waals surface area contributed by atoms with E-state index in [2.05, 4.69) is 35.1 Å². The summed E-state index contributed by atoms with van der Waals surface area (Å²) >= 11 is 0. The van der Waals surface area contributed by atoms with E-state index in [1.54, 1.807) is 0 Å². The molecule has 0 aliphatic carbocycles. The Morgan fingerprint density at radius 1 is 1.00 bits per heavy atom. The fourth-order valence-corrected chi connectivity index (χ4v) is 2.16. The average molecular weight is 234 g/mol. The lowest BCUT2D eigenvalue weighted by Crippen LogP contribution is -1.85. The molecule has 0 amide bonds. The molecule has 0 aromatic heterocycles. The summed E-state index contributed by atoms with van der Waals surface area (Å²) in [5.74, 6) is 6.26. The van der Waals surface area contributed by atoms with E-state index in [9.17, 15) is 0 Å². The Hall–Kier alpha value is -1.75. The predicted molar refractivity (Wildman–Crippen MR) is 75.3 cm³/mol. The van der Waals surface area contributed by atoms with Gasteiger partial charge in [-0.25, -0.2) is 0 Å². The van der Waals surface area contributed by atoms with Crippen LogP contribution < -0.4 is 0 Å². The minimum absolute atomic E-state index is 0.888. The first-order chi connectivity index (χ1) is 7.86. The van der Waals surface area contributed by atoms with Gasteiger partial charge in [-0.15, -0.1) is 11.1 Å². The third-order valence-electron chi connectivity index (χ3n) is 2.29. The quantitative estimate of drug-likeness (QED) is 0.437. The van der Waals surface area contributed by atoms with E-state index in [4.69, 9.17) is 0 Å². The van der Waals surface area contributed by atoms with Gasteiger partial charge in [0.15, 0.2) is 0 Å². The molecule has 2 aromatic rings. The van der Waals surface area contributed by atoms with Crippen LogP contribution >= 0.6 is 0 Å². The summed E-state index contributed by atoms with van der Waals surface area (Å²) in [6.07, 6.45) is 0. The zero-order chi connectivity index (χ0) is 11.4. The largest absolute Gasteiger partial charge is 0.138 e. The first-order valence-corrected chi connectivity index (χ1v) is 7.07. The van der Waals surface area contributed by atoms with Gasteiger partial charge in [-0.2, -0.15) is 0 Å². The maximum atomic E-state index is 3.21. The lowest BCUT2D eigenvalue weighted by atomic mass is 10.0. The fraction of sp³-hybridized carbons (Fsp3) is 0. The summed E-state index contributed by atoms with van der Waals surface area (Å²) in [5, 5.41) is 2.26. The van der Waals surface area contributed by atoms with Gasteiger partial charge in [-0.1, -0.05) is 24.0 Å². The Morgan fingerprint density at radius 2 is 1.81 bits per heavy atom. The van der Waals surface area contributed by atoms with Crippen molar-refractivity contribution < 1.29 is 0 Å². The van der Waals surface area contributed by atoms with Crippen LogP contribution in [0.4, 0.5) is 0 Å². The molecule has 2 radical (unpaired) electrons. The summed E-state index contributed by atoms with van der Waals surface area (Å²) in [7, 11) is 1.78. The fourth-order valence-electron chi connectivity index (χ4n) is 1.64. The van der Waals surface area contributed by atoms with Crippen LogP contribution in [0.1, 0.15) is 11.1 Å². The second-order valence-electron chi connectivity index (χ2n) is 3.30. The standard InChI is InChI=1S/C14H10Si2/c15-9-7-11-5-6-12(8-10-16)14-4-2-1-3-13(11)14/h1,3-4,6H,15-16H3. The van der Waals surface area contributed by atoms with Crippen molar-refractivity contribution in [3.05, 3.63) is 47.5 Å². The molecule has 2 heteroatoms. The number of hydrogen-bond donors (Lipinski definition) is 0. The van der Waals surface area contributed by atoms with Crippen LogP contribution in [0.3, 0.4) is 0 Å². The highest BCUT2D eigenvalue weighted by Gasteiger charge is 2.02.